The molecular formula is C24H33N2O7P. The summed E-state index contributed by atoms with van der Waals surface area (Å²) in [5.74, 6) is -0.225. The Morgan fingerprint density at radius 3 is 2.53 bits per heavy atom. The molecule has 0 spiro atoms. The van der Waals surface area contributed by atoms with Crippen LogP contribution in [0, 0.1) is 12.8 Å². The van der Waals surface area contributed by atoms with Gasteiger partial charge in [-0.05, 0) is 43.9 Å². The van der Waals surface area contributed by atoms with Crippen molar-refractivity contribution in [2.45, 2.75) is 53.0 Å². The Balaban J connectivity index is 2.11. The van der Waals surface area contributed by atoms with E-state index in [2.05, 4.69) is 10.1 Å². The second-order valence-electron chi connectivity index (χ2n) is 7.90. The van der Waals surface area contributed by atoms with Crippen LogP contribution in [0.2, 0.25) is 0 Å². The fourth-order valence-electron chi connectivity index (χ4n) is 3.11. The molecule has 0 bridgehead atoms. The number of aromatic nitrogens is 1. The van der Waals surface area contributed by atoms with Crippen molar-refractivity contribution in [3.05, 3.63) is 53.3 Å². The number of hydrogen-bond donors (Lipinski definition) is 2. The predicted molar refractivity (Wildman–Crippen MR) is 128 cm³/mol. The largest absolute Gasteiger partial charge is 0.505 e. The Labute approximate surface area is 200 Å². The van der Waals surface area contributed by atoms with Crippen LogP contribution in [0.4, 0.5) is 0 Å². The normalized spacial score (nSPS) is 13.8. The zero-order chi connectivity index (χ0) is 25.1. The summed E-state index contributed by atoms with van der Waals surface area (Å²) in [5.41, 5.74) is 0.857. The quantitative estimate of drug-likeness (QED) is 0.221. The second-order valence-corrected chi connectivity index (χ2v) is 9.59. The van der Waals surface area contributed by atoms with E-state index in [0.717, 1.165) is 12.8 Å². The molecule has 0 aliphatic rings. The van der Waals surface area contributed by atoms with E-state index in [1.807, 2.05) is 13.8 Å². The summed E-state index contributed by atoms with van der Waals surface area (Å²) in [7, 11) is -4.02. The molecule has 0 aliphatic heterocycles. The van der Waals surface area contributed by atoms with Gasteiger partial charge in [-0.25, -0.2) is 4.57 Å². The molecule has 0 fully saturated rings. The van der Waals surface area contributed by atoms with Crippen LogP contribution in [0.5, 0.6) is 11.5 Å². The third-order valence-corrected chi connectivity index (χ3v) is 7.08. The Kier molecular flexibility index (Phi) is 10.7. The number of ether oxygens (including phenoxy) is 1. The number of benzene rings is 1. The molecule has 0 saturated heterocycles. The van der Waals surface area contributed by atoms with Crippen molar-refractivity contribution in [2.24, 2.45) is 5.92 Å². The van der Waals surface area contributed by atoms with E-state index in [-0.39, 0.29) is 36.9 Å². The minimum absolute atomic E-state index is 0.0983. The lowest BCUT2D eigenvalue weighted by atomic mass is 10.1. The average molecular weight is 493 g/mol. The minimum Gasteiger partial charge on any atom is -0.505 e. The number of carbonyl (C=O) groups excluding carboxylic acids is 2. The van der Waals surface area contributed by atoms with E-state index in [4.69, 9.17) is 13.8 Å². The van der Waals surface area contributed by atoms with Crippen LogP contribution in [0.1, 0.15) is 55.2 Å². The molecule has 34 heavy (non-hydrogen) atoms. The maximum atomic E-state index is 13.5. The third kappa shape index (κ3) is 7.94. The first kappa shape index (κ1) is 27.5. The highest BCUT2D eigenvalue weighted by Crippen LogP contribution is 2.45. The smallest absolute Gasteiger partial charge is 0.459 e. The number of para-hydroxylation sites is 1. The van der Waals surface area contributed by atoms with E-state index in [9.17, 15) is 19.3 Å². The molecule has 1 heterocycles. The van der Waals surface area contributed by atoms with Gasteiger partial charge in [0.25, 0.3) is 0 Å². The molecule has 0 saturated carbocycles. The Morgan fingerprint density at radius 2 is 1.91 bits per heavy atom. The Morgan fingerprint density at radius 1 is 1.24 bits per heavy atom. The van der Waals surface area contributed by atoms with Crippen molar-refractivity contribution in [1.29, 1.82) is 0 Å². The summed E-state index contributed by atoms with van der Waals surface area (Å²) in [6, 6.07) is 7.47. The first-order valence-corrected chi connectivity index (χ1v) is 12.8. The third-order valence-electron chi connectivity index (χ3n) is 5.40. The van der Waals surface area contributed by atoms with E-state index in [1.165, 1.54) is 13.1 Å². The summed E-state index contributed by atoms with van der Waals surface area (Å²) in [6.07, 6.45) is 3.89. The number of nitrogens with zero attached hydrogens (tertiary/aromatic N) is 1. The first-order valence-electron chi connectivity index (χ1n) is 11.3. The lowest BCUT2D eigenvalue weighted by Gasteiger charge is -2.23. The molecule has 0 radical (unpaired) electrons. The number of nitrogens with one attached hydrogen (secondary N) is 1. The zero-order valence-corrected chi connectivity index (χ0v) is 20.9. The maximum absolute atomic E-state index is 13.5. The van der Waals surface area contributed by atoms with Gasteiger partial charge in [0.1, 0.15) is 17.5 Å². The summed E-state index contributed by atoms with van der Waals surface area (Å²) < 4.78 is 30.1. The van der Waals surface area contributed by atoms with Crippen molar-refractivity contribution in [2.75, 3.05) is 13.2 Å². The predicted octanol–water partition coefficient (Wildman–Crippen LogP) is 4.61. The van der Waals surface area contributed by atoms with Crippen molar-refractivity contribution < 1.29 is 33.0 Å². The molecule has 1 aromatic heterocycles. The van der Waals surface area contributed by atoms with Gasteiger partial charge >= 0.3 is 13.7 Å². The topological polar surface area (TPSA) is 124 Å². The lowest BCUT2D eigenvalue weighted by molar-refractivity contribution is -0.146. The number of rotatable bonds is 14. The molecule has 0 aliphatic carbocycles. The Hall–Kier alpha value is -2.74. The number of carbonyl (C=O) groups is 2. The zero-order valence-electron chi connectivity index (χ0n) is 20.0. The van der Waals surface area contributed by atoms with Gasteiger partial charge in [-0.1, -0.05) is 44.9 Å². The van der Waals surface area contributed by atoms with Gasteiger partial charge in [0.2, 0.25) is 0 Å². The second kappa shape index (κ2) is 13.2. The standard InChI is InChI=1S/C24H33N2O7P/c1-5-19(6-2)16-31-24(29)18(4)26-34(30,33-21-10-8-7-9-11-21)32-13-12-20-14-25-17(3)23(28)22(20)15-27/h7-11,14-15,18-19,28H,5-6,12-13,16H2,1-4H3,(H,26,30)/t18-,34?/m0/s1. The molecule has 10 heteroatoms. The van der Waals surface area contributed by atoms with Crippen LogP contribution in [0.25, 0.3) is 0 Å². The summed E-state index contributed by atoms with van der Waals surface area (Å²) >= 11 is 0. The molecule has 0 amide bonds. The van der Waals surface area contributed by atoms with Crippen LogP contribution >= 0.6 is 7.75 Å². The van der Waals surface area contributed by atoms with E-state index >= 15 is 0 Å². The van der Waals surface area contributed by atoms with Gasteiger partial charge < -0.3 is 14.4 Å². The Bertz CT molecular complexity index is 996. The summed E-state index contributed by atoms with van der Waals surface area (Å²) in [6.45, 7) is 7.31. The summed E-state index contributed by atoms with van der Waals surface area (Å²) in [5, 5.41) is 12.7. The fraction of sp³-hybridized carbons (Fsp3) is 0.458. The number of aldehydes is 1. The monoisotopic (exact) mass is 492 g/mol. The van der Waals surface area contributed by atoms with Gasteiger partial charge in [0.15, 0.2) is 6.29 Å². The molecular weight excluding hydrogens is 459 g/mol. The maximum Gasteiger partial charge on any atom is 0.459 e. The van der Waals surface area contributed by atoms with Gasteiger partial charge in [-0.2, -0.15) is 5.09 Å². The van der Waals surface area contributed by atoms with E-state index in [1.54, 1.807) is 37.3 Å². The van der Waals surface area contributed by atoms with Crippen LogP contribution < -0.4 is 9.61 Å². The molecule has 2 aromatic rings. The SMILES string of the molecule is CCC(CC)COC(=O)[C@H](C)NP(=O)(OCCc1cnc(C)c(O)c1C=O)Oc1ccccc1. The molecule has 186 valence electrons. The highest BCUT2D eigenvalue weighted by atomic mass is 31.2. The van der Waals surface area contributed by atoms with Crippen molar-refractivity contribution >= 4 is 20.0 Å². The highest BCUT2D eigenvalue weighted by Gasteiger charge is 2.32. The van der Waals surface area contributed by atoms with Crippen LogP contribution in [0.15, 0.2) is 36.5 Å². The van der Waals surface area contributed by atoms with Gasteiger partial charge in [-0.3, -0.25) is 19.1 Å². The molecule has 1 unspecified atom stereocenters. The van der Waals surface area contributed by atoms with E-state index in [0.29, 0.717) is 23.3 Å². The molecule has 9 nitrogen and oxygen atoms in total. The minimum atomic E-state index is -4.02. The molecule has 1 aromatic carbocycles. The van der Waals surface area contributed by atoms with Gasteiger partial charge in [0, 0.05) is 6.20 Å². The molecule has 2 atom stereocenters. The molecule has 2 N–H and O–H groups in total. The van der Waals surface area contributed by atoms with Crippen molar-refractivity contribution in [3.8, 4) is 11.5 Å². The lowest BCUT2D eigenvalue weighted by Crippen LogP contribution is -2.36. The van der Waals surface area contributed by atoms with Crippen molar-refractivity contribution in [3.63, 3.8) is 0 Å². The van der Waals surface area contributed by atoms with E-state index < -0.39 is 19.8 Å². The fourth-order valence-corrected chi connectivity index (χ4v) is 4.60. The number of pyridine rings is 1. The van der Waals surface area contributed by atoms with Crippen LogP contribution in [-0.2, 0) is 25.0 Å². The number of aromatic hydroxyl groups is 1. The number of hydrogen-bond acceptors (Lipinski definition) is 8. The van der Waals surface area contributed by atoms with Crippen LogP contribution in [-0.4, -0.2) is 41.6 Å². The highest BCUT2D eigenvalue weighted by molar-refractivity contribution is 7.52. The first-order chi connectivity index (χ1) is 16.2. The van der Waals surface area contributed by atoms with Crippen molar-refractivity contribution in [1.82, 2.24) is 10.1 Å². The van der Waals surface area contributed by atoms with Gasteiger partial charge in [0.05, 0.1) is 24.5 Å². The number of aryl methyl sites for hydroxylation is 1. The summed E-state index contributed by atoms with van der Waals surface area (Å²) in [4.78, 5) is 27.9. The van der Waals surface area contributed by atoms with Crippen LogP contribution in [0.3, 0.4) is 0 Å². The molecule has 2 rings (SSSR count). The average Bonchev–Trinajstić information content (AvgIpc) is 2.82. The number of esters is 1. The van der Waals surface area contributed by atoms with Gasteiger partial charge in [-0.15, -0.1) is 0 Å².